The van der Waals surface area contributed by atoms with Gasteiger partial charge in [-0.2, -0.15) is 0 Å². The molecule has 1 heterocycles. The molecule has 6 heteroatoms. The van der Waals surface area contributed by atoms with Crippen molar-refractivity contribution in [1.29, 1.82) is 0 Å². The highest BCUT2D eigenvalue weighted by molar-refractivity contribution is 7.89. The molecule has 0 bridgehead atoms. The SMILES string of the molecule is CC1(C)ON=C(CS(N)(=O)=O)C1c1ccccc1. The van der Waals surface area contributed by atoms with Crippen LogP contribution in [0.1, 0.15) is 25.3 Å². The van der Waals surface area contributed by atoms with E-state index in [0.717, 1.165) is 5.56 Å². The van der Waals surface area contributed by atoms with Crippen LogP contribution in [0.15, 0.2) is 35.5 Å². The van der Waals surface area contributed by atoms with Crippen molar-refractivity contribution in [3.05, 3.63) is 35.9 Å². The van der Waals surface area contributed by atoms with E-state index in [1.165, 1.54) is 0 Å². The Morgan fingerprint density at radius 3 is 2.50 bits per heavy atom. The van der Waals surface area contributed by atoms with Crippen molar-refractivity contribution in [1.82, 2.24) is 0 Å². The maximum absolute atomic E-state index is 11.2. The maximum atomic E-state index is 11.2. The van der Waals surface area contributed by atoms with Gasteiger partial charge in [0, 0.05) is 0 Å². The van der Waals surface area contributed by atoms with Crippen molar-refractivity contribution in [3.63, 3.8) is 0 Å². The number of sulfonamides is 1. The molecule has 0 fully saturated rings. The maximum Gasteiger partial charge on any atom is 0.214 e. The van der Waals surface area contributed by atoms with E-state index in [4.69, 9.17) is 9.98 Å². The molecule has 5 nitrogen and oxygen atoms in total. The van der Waals surface area contributed by atoms with E-state index in [0.29, 0.717) is 5.71 Å². The minimum atomic E-state index is -3.61. The first-order valence-corrected chi connectivity index (χ1v) is 7.31. The number of hydrogen-bond donors (Lipinski definition) is 1. The molecule has 98 valence electrons. The summed E-state index contributed by atoms with van der Waals surface area (Å²) in [5, 5.41) is 8.97. The van der Waals surface area contributed by atoms with Gasteiger partial charge >= 0.3 is 0 Å². The van der Waals surface area contributed by atoms with Gasteiger partial charge < -0.3 is 4.84 Å². The van der Waals surface area contributed by atoms with Crippen LogP contribution in [0.25, 0.3) is 0 Å². The monoisotopic (exact) mass is 268 g/mol. The molecular formula is C12H16N2O3S. The van der Waals surface area contributed by atoms with Gasteiger partial charge in [0.15, 0.2) is 0 Å². The molecule has 1 aliphatic heterocycles. The second kappa shape index (κ2) is 4.37. The van der Waals surface area contributed by atoms with Gasteiger partial charge in [0.2, 0.25) is 10.0 Å². The summed E-state index contributed by atoms with van der Waals surface area (Å²) in [6.07, 6.45) is 0. The number of benzene rings is 1. The van der Waals surface area contributed by atoms with Crippen LogP contribution in [-0.4, -0.2) is 25.5 Å². The van der Waals surface area contributed by atoms with Crippen LogP contribution in [0, 0.1) is 0 Å². The highest BCUT2D eigenvalue weighted by atomic mass is 32.2. The molecule has 0 saturated heterocycles. The van der Waals surface area contributed by atoms with E-state index in [9.17, 15) is 8.42 Å². The van der Waals surface area contributed by atoms with Gasteiger partial charge in [0.05, 0.1) is 11.6 Å². The van der Waals surface area contributed by atoms with Gasteiger partial charge in [-0.1, -0.05) is 35.5 Å². The van der Waals surface area contributed by atoms with Crippen LogP contribution in [0.3, 0.4) is 0 Å². The third kappa shape index (κ3) is 2.70. The summed E-state index contributed by atoms with van der Waals surface area (Å²) in [7, 11) is -3.61. The Morgan fingerprint density at radius 1 is 1.33 bits per heavy atom. The van der Waals surface area contributed by atoms with Crippen LogP contribution in [0.2, 0.25) is 0 Å². The summed E-state index contributed by atoms with van der Waals surface area (Å²) >= 11 is 0. The lowest BCUT2D eigenvalue weighted by Crippen LogP contribution is -2.34. The molecule has 0 radical (unpaired) electrons. The molecule has 0 spiro atoms. The molecule has 1 atom stereocenters. The van der Waals surface area contributed by atoms with E-state index in [-0.39, 0.29) is 11.7 Å². The summed E-state index contributed by atoms with van der Waals surface area (Å²) < 4.78 is 22.4. The number of nitrogens with two attached hydrogens (primary N) is 1. The number of oxime groups is 1. The molecule has 1 aromatic carbocycles. The second-order valence-corrected chi connectivity index (χ2v) is 6.54. The van der Waals surface area contributed by atoms with Crippen molar-refractivity contribution in [2.24, 2.45) is 10.3 Å². The molecule has 0 amide bonds. The summed E-state index contributed by atoms with van der Waals surface area (Å²) in [5.74, 6) is -0.479. The summed E-state index contributed by atoms with van der Waals surface area (Å²) in [6.45, 7) is 3.76. The molecule has 1 unspecified atom stereocenters. The highest BCUT2D eigenvalue weighted by Gasteiger charge is 2.43. The largest absolute Gasteiger partial charge is 0.389 e. The first-order chi connectivity index (χ1) is 8.30. The number of primary sulfonamides is 1. The fourth-order valence-corrected chi connectivity index (χ4v) is 2.87. The average molecular weight is 268 g/mol. The Bertz CT molecular complexity index is 564. The fourth-order valence-electron chi connectivity index (χ4n) is 2.24. The zero-order valence-corrected chi connectivity index (χ0v) is 11.1. The zero-order valence-electron chi connectivity index (χ0n) is 10.3. The van der Waals surface area contributed by atoms with Crippen molar-refractivity contribution < 1.29 is 13.3 Å². The summed E-state index contributed by atoms with van der Waals surface area (Å²) in [6, 6.07) is 9.57. The molecule has 0 aromatic heterocycles. The number of hydrogen-bond acceptors (Lipinski definition) is 4. The van der Waals surface area contributed by atoms with E-state index in [2.05, 4.69) is 5.16 Å². The molecule has 18 heavy (non-hydrogen) atoms. The summed E-state index contributed by atoms with van der Waals surface area (Å²) in [5.41, 5.74) is 0.859. The predicted molar refractivity (Wildman–Crippen MR) is 69.8 cm³/mol. The van der Waals surface area contributed by atoms with Crippen molar-refractivity contribution >= 4 is 15.7 Å². The zero-order chi connectivity index (χ0) is 13.4. The fraction of sp³-hybridized carbons (Fsp3) is 0.417. The Hall–Kier alpha value is -1.40. The normalized spacial score (nSPS) is 22.4. The Labute approximate surface area is 107 Å². The van der Waals surface area contributed by atoms with Crippen molar-refractivity contribution in [3.8, 4) is 0 Å². The first-order valence-electron chi connectivity index (χ1n) is 5.60. The molecular weight excluding hydrogens is 252 g/mol. The van der Waals surface area contributed by atoms with Gasteiger partial charge in [-0.05, 0) is 19.4 Å². The second-order valence-electron chi connectivity index (χ2n) is 4.93. The summed E-state index contributed by atoms with van der Waals surface area (Å²) in [4.78, 5) is 5.33. The van der Waals surface area contributed by atoms with Crippen LogP contribution < -0.4 is 5.14 Å². The van der Waals surface area contributed by atoms with E-state index >= 15 is 0 Å². The molecule has 0 saturated carbocycles. The third-order valence-corrected chi connectivity index (χ3v) is 3.61. The van der Waals surface area contributed by atoms with Gasteiger partial charge in [-0.25, -0.2) is 13.6 Å². The Balaban J connectivity index is 2.37. The molecule has 1 aromatic rings. The first kappa shape index (κ1) is 13.0. The quantitative estimate of drug-likeness (QED) is 0.895. The minimum Gasteiger partial charge on any atom is -0.389 e. The molecule has 1 aliphatic rings. The molecule has 0 aliphatic carbocycles. The molecule has 2 rings (SSSR count). The van der Waals surface area contributed by atoms with Crippen molar-refractivity contribution in [2.45, 2.75) is 25.4 Å². The van der Waals surface area contributed by atoms with Crippen LogP contribution >= 0.6 is 0 Å². The smallest absolute Gasteiger partial charge is 0.214 e. The van der Waals surface area contributed by atoms with Crippen LogP contribution in [0.5, 0.6) is 0 Å². The van der Waals surface area contributed by atoms with Gasteiger partial charge in [0.1, 0.15) is 11.4 Å². The van der Waals surface area contributed by atoms with Gasteiger partial charge in [-0.3, -0.25) is 0 Å². The third-order valence-electron chi connectivity index (χ3n) is 2.91. The van der Waals surface area contributed by atoms with E-state index in [1.807, 2.05) is 44.2 Å². The van der Waals surface area contributed by atoms with Crippen molar-refractivity contribution in [2.75, 3.05) is 5.75 Å². The van der Waals surface area contributed by atoms with Gasteiger partial charge in [0.25, 0.3) is 0 Å². The lowest BCUT2D eigenvalue weighted by molar-refractivity contribution is 0.00188. The topological polar surface area (TPSA) is 81.8 Å². The Morgan fingerprint density at radius 2 is 1.94 bits per heavy atom. The lowest BCUT2D eigenvalue weighted by Gasteiger charge is -2.25. The minimum absolute atomic E-state index is 0.197. The Kier molecular flexibility index (Phi) is 3.16. The standard InChI is InChI=1S/C12H16N2O3S/c1-12(2)11(9-6-4-3-5-7-9)10(14-17-12)8-18(13,15)16/h3-7,11H,8H2,1-2H3,(H2,13,15,16). The van der Waals surface area contributed by atoms with Crippen LogP contribution in [-0.2, 0) is 14.9 Å². The number of rotatable bonds is 3. The predicted octanol–water partition coefficient (Wildman–Crippen LogP) is 1.22. The van der Waals surface area contributed by atoms with E-state index < -0.39 is 15.6 Å². The average Bonchev–Trinajstić information content (AvgIpc) is 2.53. The van der Waals surface area contributed by atoms with Crippen LogP contribution in [0.4, 0.5) is 0 Å². The molecule has 2 N–H and O–H groups in total. The van der Waals surface area contributed by atoms with E-state index in [1.54, 1.807) is 0 Å². The highest BCUT2D eigenvalue weighted by Crippen LogP contribution is 2.37. The number of nitrogens with zero attached hydrogens (tertiary/aromatic N) is 1. The van der Waals surface area contributed by atoms with Gasteiger partial charge in [-0.15, -0.1) is 0 Å². The lowest BCUT2D eigenvalue weighted by atomic mass is 9.82.